The summed E-state index contributed by atoms with van der Waals surface area (Å²) in [5.41, 5.74) is 5.65. The number of hydrogen-bond donors (Lipinski definition) is 1. The van der Waals surface area contributed by atoms with E-state index in [0.29, 0.717) is 5.56 Å². The third kappa shape index (κ3) is 4.34. The summed E-state index contributed by atoms with van der Waals surface area (Å²) in [4.78, 5) is 11.4. The van der Waals surface area contributed by atoms with Crippen LogP contribution < -0.4 is 4.74 Å². The van der Waals surface area contributed by atoms with Crippen LogP contribution in [0.25, 0.3) is 11.1 Å². The van der Waals surface area contributed by atoms with Crippen LogP contribution in [0.1, 0.15) is 54.5 Å². The Balaban J connectivity index is 1.55. The number of carboxylic acid groups (broad SMARTS) is 1. The van der Waals surface area contributed by atoms with E-state index in [1.165, 1.54) is 6.07 Å². The summed E-state index contributed by atoms with van der Waals surface area (Å²) in [6.45, 7) is 5.62. The van der Waals surface area contributed by atoms with Gasteiger partial charge in [0.25, 0.3) is 0 Å². The van der Waals surface area contributed by atoms with Gasteiger partial charge < -0.3 is 9.84 Å². The maximum absolute atomic E-state index is 14.2. The first-order valence-electron chi connectivity index (χ1n) is 10.7. The number of ether oxygens (including phenoxy) is 1. The van der Waals surface area contributed by atoms with Crippen molar-refractivity contribution in [2.45, 2.75) is 45.6 Å². The Morgan fingerprint density at radius 2 is 1.81 bits per heavy atom. The minimum absolute atomic E-state index is 0.0774. The molecule has 0 saturated carbocycles. The fourth-order valence-electron chi connectivity index (χ4n) is 4.14. The molecule has 0 bridgehead atoms. The number of carboxylic acids is 1. The maximum Gasteiger partial charge on any atom is 0.306 e. The summed E-state index contributed by atoms with van der Waals surface area (Å²) < 4.78 is 20.5. The van der Waals surface area contributed by atoms with E-state index < -0.39 is 11.9 Å². The van der Waals surface area contributed by atoms with E-state index in [-0.39, 0.29) is 17.8 Å². The van der Waals surface area contributed by atoms with Crippen LogP contribution in [-0.4, -0.2) is 11.1 Å². The smallest absolute Gasteiger partial charge is 0.306 e. The predicted molar refractivity (Wildman–Crippen MR) is 120 cm³/mol. The number of carbonyl (C=O) groups is 1. The van der Waals surface area contributed by atoms with E-state index in [1.54, 1.807) is 13.0 Å². The molecular formula is C27H27FO3. The average Bonchev–Trinajstić information content (AvgIpc) is 2.79. The molecule has 3 atom stereocenters. The van der Waals surface area contributed by atoms with Gasteiger partial charge in [-0.25, -0.2) is 4.39 Å². The number of hydrogen-bond acceptors (Lipinski definition) is 2. The highest BCUT2D eigenvalue weighted by Gasteiger charge is 2.25. The molecule has 1 aliphatic heterocycles. The van der Waals surface area contributed by atoms with Crippen LogP contribution in [0.5, 0.6) is 5.75 Å². The average molecular weight is 419 g/mol. The Labute approximate surface area is 182 Å². The molecule has 3 aromatic rings. The second-order valence-electron chi connectivity index (χ2n) is 8.53. The van der Waals surface area contributed by atoms with Crippen molar-refractivity contribution in [2.75, 3.05) is 0 Å². The molecular weight excluding hydrogens is 391 g/mol. The van der Waals surface area contributed by atoms with E-state index in [2.05, 4.69) is 6.07 Å². The Kier molecular flexibility index (Phi) is 5.81. The van der Waals surface area contributed by atoms with Crippen LogP contribution in [0.4, 0.5) is 4.39 Å². The number of halogens is 1. The van der Waals surface area contributed by atoms with Crippen LogP contribution in [0, 0.1) is 18.7 Å². The zero-order valence-corrected chi connectivity index (χ0v) is 18.1. The van der Waals surface area contributed by atoms with Gasteiger partial charge in [0.05, 0.1) is 5.92 Å². The molecule has 0 radical (unpaired) electrons. The van der Waals surface area contributed by atoms with Gasteiger partial charge in [-0.3, -0.25) is 4.79 Å². The van der Waals surface area contributed by atoms with Crippen molar-refractivity contribution in [3.63, 3.8) is 0 Å². The molecule has 31 heavy (non-hydrogen) atoms. The van der Waals surface area contributed by atoms with E-state index in [9.17, 15) is 14.3 Å². The molecule has 0 aliphatic carbocycles. The Bertz CT molecular complexity index is 1100. The van der Waals surface area contributed by atoms with E-state index in [4.69, 9.17) is 4.74 Å². The van der Waals surface area contributed by atoms with Crippen molar-refractivity contribution in [2.24, 2.45) is 5.92 Å². The lowest BCUT2D eigenvalue weighted by Gasteiger charge is -2.28. The van der Waals surface area contributed by atoms with Crippen LogP contribution in [0.2, 0.25) is 0 Å². The minimum Gasteiger partial charge on any atom is -0.485 e. The highest BCUT2D eigenvalue weighted by Crippen LogP contribution is 2.38. The largest absolute Gasteiger partial charge is 0.485 e. The molecule has 1 heterocycles. The monoisotopic (exact) mass is 418 g/mol. The van der Waals surface area contributed by atoms with Gasteiger partial charge in [0, 0.05) is 5.56 Å². The first kappa shape index (κ1) is 21.1. The van der Waals surface area contributed by atoms with Crippen molar-refractivity contribution in [1.29, 1.82) is 0 Å². The second kappa shape index (κ2) is 8.54. The number of benzene rings is 3. The molecule has 3 aromatic carbocycles. The van der Waals surface area contributed by atoms with Gasteiger partial charge in [-0.1, -0.05) is 61.9 Å². The number of aliphatic carboxylic acids is 1. The van der Waals surface area contributed by atoms with Gasteiger partial charge >= 0.3 is 5.97 Å². The van der Waals surface area contributed by atoms with Gasteiger partial charge in [-0.05, 0) is 66.1 Å². The van der Waals surface area contributed by atoms with E-state index in [1.807, 2.05) is 56.3 Å². The number of fused-ring (bicyclic) bond motifs is 1. The van der Waals surface area contributed by atoms with Crippen LogP contribution >= 0.6 is 0 Å². The molecule has 0 spiro atoms. The molecule has 4 heteroatoms. The lowest BCUT2D eigenvalue weighted by Crippen LogP contribution is -2.18. The van der Waals surface area contributed by atoms with Crippen molar-refractivity contribution in [3.05, 3.63) is 88.7 Å². The van der Waals surface area contributed by atoms with Crippen LogP contribution in [0.3, 0.4) is 0 Å². The molecule has 0 amide bonds. The van der Waals surface area contributed by atoms with Crippen molar-refractivity contribution < 1.29 is 19.0 Å². The lowest BCUT2D eigenvalue weighted by atomic mass is 9.87. The maximum atomic E-state index is 14.2. The van der Waals surface area contributed by atoms with Crippen molar-refractivity contribution in [3.8, 4) is 16.9 Å². The molecule has 0 aromatic heterocycles. The van der Waals surface area contributed by atoms with Gasteiger partial charge in [-0.2, -0.15) is 0 Å². The highest BCUT2D eigenvalue weighted by atomic mass is 19.1. The molecule has 1 aliphatic rings. The SMILES string of the molecule is Cc1ccc(F)c(-c2ccc(C3CCc4ccc(C(C)C(C)C(=O)O)cc4O3)cc2)c1. The third-order valence-corrected chi connectivity index (χ3v) is 6.42. The van der Waals surface area contributed by atoms with Crippen LogP contribution in [0.15, 0.2) is 60.7 Å². The van der Waals surface area contributed by atoms with Crippen LogP contribution in [-0.2, 0) is 11.2 Å². The van der Waals surface area contributed by atoms with Crippen molar-refractivity contribution in [1.82, 2.24) is 0 Å². The predicted octanol–water partition coefficient (Wildman–Crippen LogP) is 6.69. The summed E-state index contributed by atoms with van der Waals surface area (Å²) in [7, 11) is 0. The lowest BCUT2D eigenvalue weighted by molar-refractivity contribution is -0.141. The van der Waals surface area contributed by atoms with Gasteiger partial charge in [0.15, 0.2) is 0 Å². The summed E-state index contributed by atoms with van der Waals surface area (Å²) in [5.74, 6) is -0.762. The standard InChI is InChI=1S/C27H27FO3/c1-16-4-12-24(28)23(14-16)19-5-7-20(8-6-19)25-13-11-21-9-10-22(15-26(21)31-25)17(2)18(3)27(29)30/h4-10,12,14-15,17-18,25H,11,13H2,1-3H3,(H,29,30). The summed E-state index contributed by atoms with van der Waals surface area (Å²) in [6, 6.07) is 19.1. The zero-order chi connectivity index (χ0) is 22.1. The molecule has 3 nitrogen and oxygen atoms in total. The summed E-state index contributed by atoms with van der Waals surface area (Å²) in [5, 5.41) is 9.33. The molecule has 1 N–H and O–H groups in total. The quantitative estimate of drug-likeness (QED) is 0.502. The first-order chi connectivity index (χ1) is 14.8. The summed E-state index contributed by atoms with van der Waals surface area (Å²) in [6.07, 6.45) is 1.69. The molecule has 160 valence electrons. The summed E-state index contributed by atoms with van der Waals surface area (Å²) >= 11 is 0. The van der Waals surface area contributed by atoms with Crippen molar-refractivity contribution >= 4 is 5.97 Å². The second-order valence-corrected chi connectivity index (χ2v) is 8.53. The zero-order valence-electron chi connectivity index (χ0n) is 18.1. The fraction of sp³-hybridized carbons (Fsp3) is 0.296. The molecule has 0 saturated heterocycles. The Morgan fingerprint density at radius 1 is 1.06 bits per heavy atom. The number of aryl methyl sites for hydroxylation is 2. The Morgan fingerprint density at radius 3 is 2.52 bits per heavy atom. The molecule has 0 fully saturated rings. The van der Waals surface area contributed by atoms with Gasteiger partial charge in [-0.15, -0.1) is 0 Å². The fourth-order valence-corrected chi connectivity index (χ4v) is 4.14. The highest BCUT2D eigenvalue weighted by molar-refractivity contribution is 5.71. The minimum atomic E-state index is -0.797. The first-order valence-corrected chi connectivity index (χ1v) is 10.7. The third-order valence-electron chi connectivity index (χ3n) is 6.42. The van der Waals surface area contributed by atoms with Gasteiger partial charge in [0.2, 0.25) is 0 Å². The van der Waals surface area contributed by atoms with Gasteiger partial charge in [0.1, 0.15) is 17.7 Å². The molecule has 4 rings (SSSR count). The Hall–Kier alpha value is -3.14. The van der Waals surface area contributed by atoms with E-state index in [0.717, 1.165) is 46.4 Å². The molecule has 3 unspecified atom stereocenters. The number of rotatable bonds is 5. The topological polar surface area (TPSA) is 46.5 Å². The normalized spacial score (nSPS) is 17.4. The van der Waals surface area contributed by atoms with E-state index >= 15 is 0 Å².